The van der Waals surface area contributed by atoms with Crippen LogP contribution in [0.15, 0.2) is 67.1 Å². The van der Waals surface area contributed by atoms with E-state index in [2.05, 4.69) is 35.2 Å². The van der Waals surface area contributed by atoms with Gasteiger partial charge in [-0.15, -0.1) is 0 Å². The number of nitrogens with one attached hydrogen (secondary N) is 4. The predicted molar refractivity (Wildman–Crippen MR) is 172 cm³/mol. The second-order valence-corrected chi connectivity index (χ2v) is 14.0. The van der Waals surface area contributed by atoms with Crippen molar-refractivity contribution in [1.82, 2.24) is 34.9 Å². The first-order valence-corrected chi connectivity index (χ1v) is 16.0. The number of fused-ring (bicyclic) bond motifs is 2. The molecule has 5 heterocycles. The lowest BCUT2D eigenvalue weighted by Gasteiger charge is -2.17. The molecule has 0 spiro atoms. The Bertz CT molecular complexity index is 2180. The molecule has 6 aromatic rings. The summed E-state index contributed by atoms with van der Waals surface area (Å²) in [6.45, 7) is 5.98. The van der Waals surface area contributed by atoms with Crippen molar-refractivity contribution in [3.63, 3.8) is 0 Å². The van der Waals surface area contributed by atoms with E-state index < -0.39 is 15.8 Å². The van der Waals surface area contributed by atoms with Crippen molar-refractivity contribution in [3.05, 3.63) is 78.5 Å². The number of pyridine rings is 3. The van der Waals surface area contributed by atoms with Gasteiger partial charge < -0.3 is 10.3 Å². The van der Waals surface area contributed by atoms with Crippen molar-refractivity contribution < 1.29 is 17.6 Å². The Labute approximate surface area is 258 Å². The number of amides is 1. The molecule has 0 aliphatic rings. The van der Waals surface area contributed by atoms with Crippen molar-refractivity contribution in [2.75, 3.05) is 11.6 Å². The summed E-state index contributed by atoms with van der Waals surface area (Å²) < 4.78 is 40.2. The molecular formula is C32H31FN8O3S. The number of carbonyl (C=O) groups excluding carboxylic acids is 1. The van der Waals surface area contributed by atoms with Crippen LogP contribution in [0.5, 0.6) is 0 Å². The highest BCUT2D eigenvalue weighted by atomic mass is 32.2. The second kappa shape index (κ2) is 11.5. The topological polar surface area (TPSA) is 158 Å². The molecule has 45 heavy (non-hydrogen) atoms. The van der Waals surface area contributed by atoms with E-state index in [9.17, 15) is 17.6 Å². The molecule has 0 saturated carbocycles. The third-order valence-corrected chi connectivity index (χ3v) is 7.68. The van der Waals surface area contributed by atoms with Gasteiger partial charge in [0.2, 0.25) is 15.9 Å². The summed E-state index contributed by atoms with van der Waals surface area (Å²) in [4.78, 5) is 29.5. The molecule has 11 nitrogen and oxygen atoms in total. The highest BCUT2D eigenvalue weighted by Gasteiger charge is 2.18. The van der Waals surface area contributed by atoms with Crippen LogP contribution in [0, 0.1) is 11.2 Å². The minimum Gasteiger partial charge on any atom is -0.338 e. The van der Waals surface area contributed by atoms with Gasteiger partial charge in [-0.3, -0.25) is 14.9 Å². The molecule has 230 valence electrons. The Hall–Kier alpha value is -5.01. The van der Waals surface area contributed by atoms with Crippen molar-refractivity contribution >= 4 is 43.7 Å². The molecule has 0 saturated heterocycles. The van der Waals surface area contributed by atoms with Gasteiger partial charge in [-0.2, -0.15) is 5.10 Å². The van der Waals surface area contributed by atoms with E-state index in [0.717, 1.165) is 22.7 Å². The number of nitrogens with zero attached hydrogens (tertiary/aromatic N) is 4. The van der Waals surface area contributed by atoms with E-state index in [1.165, 1.54) is 12.1 Å². The van der Waals surface area contributed by atoms with E-state index in [0.29, 0.717) is 57.0 Å². The van der Waals surface area contributed by atoms with Gasteiger partial charge in [0.1, 0.15) is 22.7 Å². The van der Waals surface area contributed by atoms with E-state index in [1.807, 2.05) is 45.0 Å². The summed E-state index contributed by atoms with van der Waals surface area (Å²) in [5, 5.41) is 11.2. The molecule has 0 aliphatic heterocycles. The monoisotopic (exact) mass is 626 g/mol. The second-order valence-electron chi connectivity index (χ2n) is 12.2. The van der Waals surface area contributed by atoms with Gasteiger partial charge >= 0.3 is 0 Å². The fraction of sp³-hybridized carbons (Fsp3) is 0.219. The summed E-state index contributed by atoms with van der Waals surface area (Å²) in [7, 11) is -3.44. The van der Waals surface area contributed by atoms with Gasteiger partial charge in [0.05, 0.1) is 35.0 Å². The molecule has 0 radical (unpaired) electrons. The number of hydrogen-bond acceptors (Lipinski definition) is 7. The zero-order valence-corrected chi connectivity index (χ0v) is 25.9. The van der Waals surface area contributed by atoms with Crippen LogP contribution in [0.25, 0.3) is 55.8 Å². The van der Waals surface area contributed by atoms with Crippen molar-refractivity contribution in [1.29, 1.82) is 0 Å². The maximum Gasteiger partial charge on any atom is 0.224 e. The quantitative estimate of drug-likeness (QED) is 0.166. The zero-order valence-electron chi connectivity index (χ0n) is 25.1. The lowest BCUT2D eigenvalue weighted by Crippen LogP contribution is -2.21. The maximum atomic E-state index is 14.6. The number of H-pyrrole nitrogens is 2. The fourth-order valence-corrected chi connectivity index (χ4v) is 5.54. The third-order valence-electron chi connectivity index (χ3n) is 7.01. The molecule has 6 rings (SSSR count). The standard InChI is InChI=1S/C32H31FN8O3S/c1-32(2,3)14-28(42)37-22-12-20(16-34-17-22)25-5-6-26-29(38-25)30(41-40-26)27-13-24-23(7-8-35-31(24)39-27)19-9-18(10-21(33)11-19)15-36-45(4,43)44/h5-13,16-17,36H,14-15H2,1-4H3,(H,35,39)(H,37,42)(H,40,41). The molecule has 13 heteroatoms. The summed E-state index contributed by atoms with van der Waals surface area (Å²) in [5.74, 6) is -0.574. The van der Waals surface area contributed by atoms with Crippen LogP contribution in [-0.2, 0) is 21.4 Å². The van der Waals surface area contributed by atoms with Crippen LogP contribution in [-0.4, -0.2) is 50.7 Å². The molecule has 0 fully saturated rings. The number of halogens is 1. The van der Waals surface area contributed by atoms with E-state index >= 15 is 0 Å². The first-order chi connectivity index (χ1) is 21.3. The van der Waals surface area contributed by atoms with Gasteiger partial charge in [-0.05, 0) is 70.6 Å². The Morgan fingerprint density at radius 1 is 1.02 bits per heavy atom. The summed E-state index contributed by atoms with van der Waals surface area (Å²) >= 11 is 0. The largest absolute Gasteiger partial charge is 0.338 e. The van der Waals surface area contributed by atoms with Gasteiger partial charge in [0, 0.05) is 36.3 Å². The number of hydrogen-bond donors (Lipinski definition) is 4. The number of aromatic amines is 2. The van der Waals surface area contributed by atoms with Gasteiger partial charge in [-0.1, -0.05) is 20.8 Å². The van der Waals surface area contributed by atoms with Crippen LogP contribution in [0.3, 0.4) is 0 Å². The molecule has 0 bridgehead atoms. The molecule has 5 aromatic heterocycles. The third kappa shape index (κ3) is 6.89. The Balaban J connectivity index is 1.34. The van der Waals surface area contributed by atoms with Gasteiger partial charge in [-0.25, -0.2) is 27.5 Å². The molecule has 1 aromatic carbocycles. The SMILES string of the molecule is CC(C)(C)CC(=O)Nc1cncc(-c2ccc3[nH]nc(-c4cc5c(-c6cc(F)cc(CNS(C)(=O)=O)c6)ccnc5[nH]4)c3n2)c1. The smallest absolute Gasteiger partial charge is 0.224 e. The number of rotatable bonds is 8. The normalized spacial score (nSPS) is 12.2. The van der Waals surface area contributed by atoms with Crippen LogP contribution in [0.4, 0.5) is 10.1 Å². The zero-order chi connectivity index (χ0) is 31.9. The lowest BCUT2D eigenvalue weighted by atomic mass is 9.92. The number of sulfonamides is 1. The maximum absolute atomic E-state index is 14.6. The number of anilines is 1. The number of aromatic nitrogens is 6. The lowest BCUT2D eigenvalue weighted by molar-refractivity contribution is -0.117. The molecule has 1 amide bonds. The molecule has 4 N–H and O–H groups in total. The Morgan fingerprint density at radius 3 is 2.62 bits per heavy atom. The fourth-order valence-electron chi connectivity index (χ4n) is 5.11. The number of benzene rings is 1. The van der Waals surface area contributed by atoms with Gasteiger partial charge in [0.25, 0.3) is 0 Å². The van der Waals surface area contributed by atoms with Gasteiger partial charge in [0.15, 0.2) is 0 Å². The number of carbonyl (C=O) groups is 1. The van der Waals surface area contributed by atoms with Crippen molar-refractivity contribution in [2.45, 2.75) is 33.7 Å². The van der Waals surface area contributed by atoms with Crippen LogP contribution in [0.1, 0.15) is 32.8 Å². The minimum atomic E-state index is -3.44. The summed E-state index contributed by atoms with van der Waals surface area (Å²) in [5.41, 5.74) is 6.71. The average molecular weight is 627 g/mol. The Kier molecular flexibility index (Phi) is 7.67. The van der Waals surface area contributed by atoms with Crippen LogP contribution >= 0.6 is 0 Å². The first kappa shape index (κ1) is 30.0. The molecule has 0 atom stereocenters. The summed E-state index contributed by atoms with van der Waals surface area (Å²) in [6, 6.07) is 13.7. The van der Waals surface area contributed by atoms with E-state index in [4.69, 9.17) is 4.98 Å². The van der Waals surface area contributed by atoms with Crippen molar-refractivity contribution in [2.24, 2.45) is 5.41 Å². The van der Waals surface area contributed by atoms with Crippen molar-refractivity contribution in [3.8, 4) is 33.8 Å². The highest BCUT2D eigenvalue weighted by molar-refractivity contribution is 7.88. The predicted octanol–water partition coefficient (Wildman–Crippen LogP) is 5.79. The Morgan fingerprint density at radius 2 is 1.84 bits per heavy atom. The van der Waals surface area contributed by atoms with Crippen LogP contribution < -0.4 is 10.0 Å². The van der Waals surface area contributed by atoms with E-state index in [-0.39, 0.29) is 17.9 Å². The minimum absolute atomic E-state index is 0.0365. The molecule has 0 aliphatic carbocycles. The highest BCUT2D eigenvalue weighted by Crippen LogP contribution is 2.34. The van der Waals surface area contributed by atoms with Crippen LogP contribution in [0.2, 0.25) is 0 Å². The average Bonchev–Trinajstić information content (AvgIpc) is 3.58. The molecular weight excluding hydrogens is 595 g/mol. The molecule has 0 unspecified atom stereocenters. The van der Waals surface area contributed by atoms with E-state index in [1.54, 1.807) is 30.7 Å². The first-order valence-electron chi connectivity index (χ1n) is 14.1. The summed E-state index contributed by atoms with van der Waals surface area (Å²) in [6.07, 6.45) is 6.34.